The van der Waals surface area contributed by atoms with E-state index in [1.807, 2.05) is 7.11 Å². The standard InChI is InChI=1S/C16H34N2O/c1-6-17-15(16(2,3)4)9-12-18-10-7-14(8-11-18)13-19-5/h14-15,17H,6-13H2,1-5H3. The fraction of sp³-hybridized carbons (Fsp3) is 1.00. The molecular formula is C16H34N2O. The van der Waals surface area contributed by atoms with Crippen molar-refractivity contribution in [3.8, 4) is 0 Å². The van der Waals surface area contributed by atoms with Crippen molar-refractivity contribution in [3.63, 3.8) is 0 Å². The molecule has 0 aliphatic carbocycles. The van der Waals surface area contributed by atoms with Crippen molar-refractivity contribution in [2.24, 2.45) is 11.3 Å². The maximum absolute atomic E-state index is 5.26. The summed E-state index contributed by atoms with van der Waals surface area (Å²) in [5.41, 5.74) is 0.352. The molecule has 0 aromatic heterocycles. The first-order valence-corrected chi connectivity index (χ1v) is 7.92. The third-order valence-corrected chi connectivity index (χ3v) is 4.34. The van der Waals surface area contributed by atoms with Gasteiger partial charge in [0, 0.05) is 19.8 Å². The van der Waals surface area contributed by atoms with E-state index in [4.69, 9.17) is 4.74 Å². The lowest BCUT2D eigenvalue weighted by Crippen LogP contribution is -2.44. The predicted molar refractivity (Wildman–Crippen MR) is 82.6 cm³/mol. The van der Waals surface area contributed by atoms with E-state index >= 15 is 0 Å². The van der Waals surface area contributed by atoms with Crippen LogP contribution < -0.4 is 5.32 Å². The number of rotatable bonds is 7. The monoisotopic (exact) mass is 270 g/mol. The van der Waals surface area contributed by atoms with Crippen LogP contribution in [0.2, 0.25) is 0 Å². The summed E-state index contributed by atoms with van der Waals surface area (Å²) in [5.74, 6) is 0.786. The first-order chi connectivity index (χ1) is 8.97. The van der Waals surface area contributed by atoms with Crippen molar-refractivity contribution < 1.29 is 4.74 Å². The zero-order chi connectivity index (χ0) is 14.3. The van der Waals surface area contributed by atoms with Crippen LogP contribution in [0.15, 0.2) is 0 Å². The third-order valence-electron chi connectivity index (χ3n) is 4.34. The summed E-state index contributed by atoms with van der Waals surface area (Å²) in [5, 5.41) is 3.64. The molecule has 1 unspecified atom stereocenters. The number of hydrogen-bond donors (Lipinski definition) is 1. The Morgan fingerprint density at radius 1 is 1.26 bits per heavy atom. The van der Waals surface area contributed by atoms with Gasteiger partial charge in [-0.25, -0.2) is 0 Å². The SMILES string of the molecule is CCNC(CCN1CCC(COC)CC1)C(C)(C)C. The Hall–Kier alpha value is -0.120. The lowest BCUT2D eigenvalue weighted by atomic mass is 9.84. The molecular weight excluding hydrogens is 236 g/mol. The second kappa shape index (κ2) is 8.23. The van der Waals surface area contributed by atoms with E-state index < -0.39 is 0 Å². The van der Waals surface area contributed by atoms with Gasteiger partial charge in [-0.15, -0.1) is 0 Å². The van der Waals surface area contributed by atoms with Crippen molar-refractivity contribution in [1.29, 1.82) is 0 Å². The molecule has 1 aliphatic heterocycles. The number of methoxy groups -OCH3 is 1. The summed E-state index contributed by atoms with van der Waals surface area (Å²) in [4.78, 5) is 2.63. The van der Waals surface area contributed by atoms with E-state index in [9.17, 15) is 0 Å². The molecule has 114 valence electrons. The van der Waals surface area contributed by atoms with Crippen LogP contribution in [-0.2, 0) is 4.74 Å². The molecule has 1 fully saturated rings. The van der Waals surface area contributed by atoms with Gasteiger partial charge in [0.15, 0.2) is 0 Å². The van der Waals surface area contributed by atoms with E-state index in [0.29, 0.717) is 11.5 Å². The van der Waals surface area contributed by atoms with Gasteiger partial charge in [0.1, 0.15) is 0 Å². The van der Waals surface area contributed by atoms with Gasteiger partial charge in [-0.05, 0) is 56.8 Å². The van der Waals surface area contributed by atoms with Crippen molar-refractivity contribution in [2.75, 3.05) is 39.9 Å². The topological polar surface area (TPSA) is 24.5 Å². The van der Waals surface area contributed by atoms with Gasteiger partial charge in [0.05, 0.1) is 0 Å². The van der Waals surface area contributed by atoms with Gasteiger partial charge in [0.25, 0.3) is 0 Å². The largest absolute Gasteiger partial charge is 0.384 e. The normalized spacial score (nSPS) is 20.7. The number of hydrogen-bond acceptors (Lipinski definition) is 3. The number of piperidine rings is 1. The summed E-state index contributed by atoms with van der Waals surface area (Å²) in [6, 6.07) is 0.620. The van der Waals surface area contributed by atoms with Gasteiger partial charge in [-0.3, -0.25) is 0 Å². The highest BCUT2D eigenvalue weighted by atomic mass is 16.5. The summed E-state index contributed by atoms with van der Waals surface area (Å²) in [7, 11) is 1.82. The Labute approximate surface area is 120 Å². The molecule has 1 saturated heterocycles. The molecule has 1 heterocycles. The molecule has 1 atom stereocenters. The van der Waals surface area contributed by atoms with Gasteiger partial charge < -0.3 is 15.0 Å². The summed E-state index contributed by atoms with van der Waals surface area (Å²) >= 11 is 0. The first kappa shape index (κ1) is 16.9. The van der Waals surface area contributed by atoms with Crippen LogP contribution in [0.3, 0.4) is 0 Å². The number of nitrogens with one attached hydrogen (secondary N) is 1. The summed E-state index contributed by atoms with van der Waals surface area (Å²) in [6.07, 6.45) is 3.86. The first-order valence-electron chi connectivity index (χ1n) is 7.92. The summed E-state index contributed by atoms with van der Waals surface area (Å²) in [6.45, 7) is 15.0. The minimum atomic E-state index is 0.352. The minimum Gasteiger partial charge on any atom is -0.384 e. The minimum absolute atomic E-state index is 0.352. The Morgan fingerprint density at radius 3 is 2.37 bits per heavy atom. The van der Waals surface area contributed by atoms with Gasteiger partial charge in [-0.1, -0.05) is 27.7 Å². The lowest BCUT2D eigenvalue weighted by molar-refractivity contribution is 0.0948. The molecule has 0 aromatic carbocycles. The molecule has 19 heavy (non-hydrogen) atoms. The van der Waals surface area contributed by atoms with Crippen LogP contribution in [0.5, 0.6) is 0 Å². The van der Waals surface area contributed by atoms with E-state index in [2.05, 4.69) is 37.9 Å². The Morgan fingerprint density at radius 2 is 1.89 bits per heavy atom. The average Bonchev–Trinajstić information content (AvgIpc) is 2.35. The molecule has 0 aromatic rings. The van der Waals surface area contributed by atoms with Crippen molar-refractivity contribution in [1.82, 2.24) is 10.2 Å². The molecule has 1 aliphatic rings. The molecule has 0 radical (unpaired) electrons. The van der Waals surface area contributed by atoms with Crippen LogP contribution >= 0.6 is 0 Å². The van der Waals surface area contributed by atoms with Crippen molar-refractivity contribution in [3.05, 3.63) is 0 Å². The van der Waals surface area contributed by atoms with Crippen LogP contribution in [0.25, 0.3) is 0 Å². The smallest absolute Gasteiger partial charge is 0.0491 e. The van der Waals surface area contributed by atoms with E-state index in [1.165, 1.54) is 38.9 Å². The number of nitrogens with zero attached hydrogens (tertiary/aromatic N) is 1. The molecule has 1 N–H and O–H groups in total. The van der Waals surface area contributed by atoms with E-state index in [1.54, 1.807) is 0 Å². The Balaban J connectivity index is 2.28. The fourth-order valence-corrected chi connectivity index (χ4v) is 3.01. The maximum Gasteiger partial charge on any atom is 0.0491 e. The summed E-state index contributed by atoms with van der Waals surface area (Å²) < 4.78 is 5.26. The fourth-order valence-electron chi connectivity index (χ4n) is 3.01. The van der Waals surface area contributed by atoms with Crippen molar-refractivity contribution in [2.45, 2.75) is 53.0 Å². The maximum atomic E-state index is 5.26. The van der Waals surface area contributed by atoms with Gasteiger partial charge >= 0.3 is 0 Å². The van der Waals surface area contributed by atoms with Crippen LogP contribution in [0.4, 0.5) is 0 Å². The van der Waals surface area contributed by atoms with Gasteiger partial charge in [0.2, 0.25) is 0 Å². The molecule has 0 saturated carbocycles. The molecule has 1 rings (SSSR count). The number of ether oxygens (including phenoxy) is 1. The quantitative estimate of drug-likeness (QED) is 0.770. The molecule has 0 bridgehead atoms. The van der Waals surface area contributed by atoms with Gasteiger partial charge in [-0.2, -0.15) is 0 Å². The Bertz CT molecular complexity index is 229. The van der Waals surface area contributed by atoms with E-state index in [0.717, 1.165) is 19.1 Å². The zero-order valence-corrected chi connectivity index (χ0v) is 13.7. The highest BCUT2D eigenvalue weighted by Crippen LogP contribution is 2.23. The highest BCUT2D eigenvalue weighted by molar-refractivity contribution is 4.82. The molecule has 0 spiro atoms. The second-order valence-electron chi connectivity index (χ2n) is 7.01. The van der Waals surface area contributed by atoms with Crippen LogP contribution in [-0.4, -0.2) is 50.8 Å². The third kappa shape index (κ3) is 6.24. The lowest BCUT2D eigenvalue weighted by Gasteiger charge is -2.36. The van der Waals surface area contributed by atoms with Crippen LogP contribution in [0.1, 0.15) is 47.0 Å². The van der Waals surface area contributed by atoms with Crippen molar-refractivity contribution >= 4 is 0 Å². The zero-order valence-electron chi connectivity index (χ0n) is 13.7. The average molecular weight is 270 g/mol. The second-order valence-corrected chi connectivity index (χ2v) is 7.01. The predicted octanol–water partition coefficient (Wildman–Crippen LogP) is 2.76. The highest BCUT2D eigenvalue weighted by Gasteiger charge is 2.25. The molecule has 3 heteroatoms. The molecule has 0 amide bonds. The van der Waals surface area contributed by atoms with Crippen LogP contribution in [0, 0.1) is 11.3 Å². The molecule has 3 nitrogen and oxygen atoms in total. The number of likely N-dealkylation sites (tertiary alicyclic amines) is 1. The van der Waals surface area contributed by atoms with E-state index in [-0.39, 0.29) is 0 Å². The Kier molecular flexibility index (Phi) is 7.33.